The Balaban J connectivity index is 1.33. The molecular weight excluding hydrogens is 452 g/mol. The van der Waals surface area contributed by atoms with Crippen LogP contribution >= 0.6 is 0 Å². The van der Waals surface area contributed by atoms with Crippen LogP contribution in [0.15, 0.2) is 72.8 Å². The molecule has 3 aliphatic heterocycles. The molecule has 0 aromatic heterocycles. The minimum absolute atomic E-state index is 0.0231. The predicted octanol–water partition coefficient (Wildman–Crippen LogP) is 5.56. The van der Waals surface area contributed by atoms with E-state index in [1.165, 1.54) is 10.4 Å². The first-order valence-electron chi connectivity index (χ1n) is 13.2. The molecule has 3 aliphatic rings. The maximum atomic E-state index is 7.12. The third kappa shape index (κ3) is 4.69. The van der Waals surface area contributed by atoms with Gasteiger partial charge in [0.25, 0.3) is 8.32 Å². The Labute approximate surface area is 211 Å². The second-order valence-corrected chi connectivity index (χ2v) is 15.8. The Morgan fingerprint density at radius 2 is 1.63 bits per heavy atom. The summed E-state index contributed by atoms with van der Waals surface area (Å²) in [6, 6.07) is 21.7. The van der Waals surface area contributed by atoms with E-state index in [9.17, 15) is 0 Å². The van der Waals surface area contributed by atoms with E-state index in [0.29, 0.717) is 12.5 Å². The van der Waals surface area contributed by atoms with Crippen molar-refractivity contribution in [1.29, 1.82) is 0 Å². The summed E-state index contributed by atoms with van der Waals surface area (Å²) in [6.07, 6.45) is 8.87. The van der Waals surface area contributed by atoms with Crippen molar-refractivity contribution in [3.8, 4) is 0 Å². The van der Waals surface area contributed by atoms with Gasteiger partial charge in [-0.25, -0.2) is 0 Å². The normalized spacial score (nSPS) is 31.0. The molecule has 35 heavy (non-hydrogen) atoms. The Morgan fingerprint density at radius 3 is 2.20 bits per heavy atom. The molecule has 4 nitrogen and oxygen atoms in total. The molecule has 2 saturated heterocycles. The fourth-order valence-corrected chi connectivity index (χ4v) is 10.9. The second kappa shape index (κ2) is 9.60. The minimum Gasteiger partial charge on any atom is -0.407 e. The lowest BCUT2D eigenvalue weighted by atomic mass is 9.97. The third-order valence-electron chi connectivity index (χ3n) is 7.99. The van der Waals surface area contributed by atoms with Crippen LogP contribution in [0, 0.1) is 5.92 Å². The summed E-state index contributed by atoms with van der Waals surface area (Å²) in [4.78, 5) is 0. The van der Waals surface area contributed by atoms with Crippen molar-refractivity contribution in [2.45, 2.75) is 82.5 Å². The Bertz CT molecular complexity index is 978. The molecule has 5 heteroatoms. The molecule has 0 saturated carbocycles. The molecule has 188 valence electrons. The zero-order valence-electron chi connectivity index (χ0n) is 21.7. The van der Waals surface area contributed by atoms with Gasteiger partial charge in [0.15, 0.2) is 11.6 Å². The zero-order chi connectivity index (χ0) is 24.6. The Kier molecular flexibility index (Phi) is 6.83. The first-order chi connectivity index (χ1) is 16.8. The molecule has 5 rings (SSSR count). The minimum atomic E-state index is -2.53. The summed E-state index contributed by atoms with van der Waals surface area (Å²) in [5.74, 6) is -0.693. The summed E-state index contributed by atoms with van der Waals surface area (Å²) in [7, 11) is -2.53. The van der Waals surface area contributed by atoms with Crippen molar-refractivity contribution in [3.05, 3.63) is 72.8 Å². The van der Waals surface area contributed by atoms with E-state index in [1.807, 2.05) is 0 Å². The van der Waals surface area contributed by atoms with Crippen LogP contribution in [-0.4, -0.2) is 39.2 Å². The standard InChI is InChI=1S/C30H40O4Si/c1-24-23-30(20-19-29(34-30)18-11-12-21-31-29)33-27(24)17-22-32-35(28(2,3)4,25-13-7-5-8-14-25)26-15-9-6-10-16-26/h5-11,13-16,18,24,27H,12,17,19-23H2,1-4H3/t24-,27-,29?,30?/m1/s1. The Morgan fingerprint density at radius 1 is 0.971 bits per heavy atom. The van der Waals surface area contributed by atoms with Gasteiger partial charge in [0.2, 0.25) is 0 Å². The van der Waals surface area contributed by atoms with Crippen molar-refractivity contribution in [1.82, 2.24) is 0 Å². The van der Waals surface area contributed by atoms with Crippen molar-refractivity contribution < 1.29 is 18.6 Å². The first-order valence-corrected chi connectivity index (χ1v) is 15.1. The van der Waals surface area contributed by atoms with E-state index >= 15 is 0 Å². The van der Waals surface area contributed by atoms with E-state index in [0.717, 1.165) is 38.7 Å². The van der Waals surface area contributed by atoms with Crippen LogP contribution < -0.4 is 10.4 Å². The van der Waals surface area contributed by atoms with Crippen LogP contribution in [-0.2, 0) is 18.6 Å². The zero-order valence-corrected chi connectivity index (χ0v) is 22.7. The lowest BCUT2D eigenvalue weighted by Crippen LogP contribution is -2.66. The maximum absolute atomic E-state index is 7.12. The van der Waals surface area contributed by atoms with E-state index < -0.39 is 19.9 Å². The number of ether oxygens (including phenoxy) is 3. The third-order valence-corrected chi connectivity index (χ3v) is 13.0. The molecule has 3 heterocycles. The topological polar surface area (TPSA) is 36.9 Å². The van der Waals surface area contributed by atoms with Gasteiger partial charge in [-0.3, -0.25) is 0 Å². The second-order valence-electron chi connectivity index (χ2n) is 11.5. The molecule has 0 radical (unpaired) electrons. The monoisotopic (exact) mass is 492 g/mol. The smallest absolute Gasteiger partial charge is 0.261 e. The van der Waals surface area contributed by atoms with Crippen molar-refractivity contribution in [2.24, 2.45) is 5.92 Å². The molecule has 0 aliphatic carbocycles. The maximum Gasteiger partial charge on any atom is 0.261 e. The van der Waals surface area contributed by atoms with E-state index in [1.54, 1.807) is 0 Å². The lowest BCUT2D eigenvalue weighted by molar-refractivity contribution is -0.297. The number of benzene rings is 2. The molecule has 4 atom stereocenters. The summed E-state index contributed by atoms with van der Waals surface area (Å²) < 4.78 is 26.3. The quantitative estimate of drug-likeness (QED) is 0.391. The highest BCUT2D eigenvalue weighted by Crippen LogP contribution is 2.50. The van der Waals surface area contributed by atoms with Gasteiger partial charge in [0.1, 0.15) is 0 Å². The molecular formula is C30H40O4Si. The molecule has 2 unspecified atom stereocenters. The largest absolute Gasteiger partial charge is 0.407 e. The number of hydrogen-bond donors (Lipinski definition) is 0. The van der Waals surface area contributed by atoms with Crippen LogP contribution in [0.1, 0.15) is 59.8 Å². The average Bonchev–Trinajstić information content (AvgIpc) is 3.35. The van der Waals surface area contributed by atoms with Gasteiger partial charge in [0.05, 0.1) is 12.7 Å². The molecule has 2 aromatic rings. The van der Waals surface area contributed by atoms with Crippen molar-refractivity contribution in [2.75, 3.05) is 13.2 Å². The van der Waals surface area contributed by atoms with Crippen molar-refractivity contribution >= 4 is 18.7 Å². The SMILES string of the molecule is C[C@@H]1CC2(CCC3(C=CCCO3)O2)O[C@@H]1CCO[Si](c1ccccc1)(c1ccccc1)C(C)(C)C. The highest BCUT2D eigenvalue weighted by atomic mass is 28.4. The molecule has 2 aromatic carbocycles. The van der Waals surface area contributed by atoms with Gasteiger partial charge in [-0.15, -0.1) is 0 Å². The summed E-state index contributed by atoms with van der Waals surface area (Å²) in [5.41, 5.74) is 0. The molecule has 0 amide bonds. The highest BCUT2D eigenvalue weighted by Gasteiger charge is 2.56. The number of hydrogen-bond acceptors (Lipinski definition) is 4. The van der Waals surface area contributed by atoms with Crippen LogP contribution in [0.2, 0.25) is 5.04 Å². The van der Waals surface area contributed by atoms with Gasteiger partial charge in [-0.2, -0.15) is 0 Å². The van der Waals surface area contributed by atoms with E-state index in [4.69, 9.17) is 18.6 Å². The van der Waals surface area contributed by atoms with Gasteiger partial charge in [-0.1, -0.05) is 94.4 Å². The highest BCUT2D eigenvalue weighted by molar-refractivity contribution is 6.99. The van der Waals surface area contributed by atoms with Gasteiger partial charge < -0.3 is 18.6 Å². The van der Waals surface area contributed by atoms with E-state index in [2.05, 4.69) is 101 Å². The summed E-state index contributed by atoms with van der Waals surface area (Å²) in [5, 5.41) is 2.61. The fourth-order valence-electron chi connectivity index (χ4n) is 6.33. The van der Waals surface area contributed by atoms with Gasteiger partial charge in [-0.05, 0) is 40.2 Å². The van der Waals surface area contributed by atoms with Crippen LogP contribution in [0.4, 0.5) is 0 Å². The van der Waals surface area contributed by atoms with Gasteiger partial charge >= 0.3 is 0 Å². The first kappa shape index (κ1) is 24.9. The Hall–Kier alpha value is -1.76. The molecule has 2 fully saturated rings. The van der Waals surface area contributed by atoms with Crippen LogP contribution in [0.3, 0.4) is 0 Å². The van der Waals surface area contributed by atoms with Crippen LogP contribution in [0.25, 0.3) is 0 Å². The molecule has 0 bridgehead atoms. The molecule has 2 spiro atoms. The fraction of sp³-hybridized carbons (Fsp3) is 0.533. The van der Waals surface area contributed by atoms with Crippen LogP contribution in [0.5, 0.6) is 0 Å². The predicted molar refractivity (Wildman–Crippen MR) is 142 cm³/mol. The average molecular weight is 493 g/mol. The van der Waals surface area contributed by atoms with Gasteiger partial charge in [0, 0.05) is 25.9 Å². The van der Waals surface area contributed by atoms with E-state index in [-0.39, 0.29) is 11.1 Å². The lowest BCUT2D eigenvalue weighted by Gasteiger charge is -2.43. The van der Waals surface area contributed by atoms with Crippen molar-refractivity contribution in [3.63, 3.8) is 0 Å². The summed E-state index contributed by atoms with van der Waals surface area (Å²) in [6.45, 7) is 10.7. The number of rotatable bonds is 6. The summed E-state index contributed by atoms with van der Waals surface area (Å²) >= 11 is 0. The molecule has 0 N–H and O–H groups in total.